The van der Waals surface area contributed by atoms with Gasteiger partial charge >= 0.3 is 0 Å². The fraction of sp³-hybridized carbons (Fsp3) is 0.250. The second-order valence-electron chi connectivity index (χ2n) is 2.89. The minimum absolute atomic E-state index is 0.135. The van der Waals surface area contributed by atoms with Crippen LogP contribution in [-0.2, 0) is 0 Å². The molecule has 0 saturated carbocycles. The van der Waals surface area contributed by atoms with Gasteiger partial charge in [-0.3, -0.25) is 4.79 Å². The second kappa shape index (κ2) is 5.22. The van der Waals surface area contributed by atoms with Crippen molar-refractivity contribution >= 4 is 5.78 Å². The summed E-state index contributed by atoms with van der Waals surface area (Å²) >= 11 is 0. The summed E-state index contributed by atoms with van der Waals surface area (Å²) in [4.78, 5) is 11.4. The number of ketones is 1. The lowest BCUT2D eigenvalue weighted by atomic mass is 10.1. The third kappa shape index (κ3) is 2.73. The molecule has 14 heavy (non-hydrogen) atoms. The number of rotatable bonds is 4. The second-order valence-corrected chi connectivity index (χ2v) is 2.89. The number of carbonyl (C=O) groups excluding carboxylic acids is 1. The number of benzene rings is 1. The standard InChI is InChI=1S/C12H14O2/c1-3-8-14-11-7-5-6-10(9-11)12(13)4-2/h3,5-9H,4H2,1-2H3. The minimum Gasteiger partial charge on any atom is -0.465 e. The van der Waals surface area contributed by atoms with Gasteiger partial charge in [-0.2, -0.15) is 0 Å². The Labute approximate surface area is 84.2 Å². The maximum Gasteiger partial charge on any atom is 0.162 e. The molecule has 0 N–H and O–H groups in total. The monoisotopic (exact) mass is 190 g/mol. The zero-order valence-electron chi connectivity index (χ0n) is 8.49. The number of carbonyl (C=O) groups is 1. The van der Waals surface area contributed by atoms with Gasteiger partial charge in [-0.15, -0.1) is 0 Å². The van der Waals surface area contributed by atoms with Crippen molar-refractivity contribution in [3.63, 3.8) is 0 Å². The van der Waals surface area contributed by atoms with Gasteiger partial charge in [0.05, 0.1) is 6.26 Å². The van der Waals surface area contributed by atoms with Gasteiger partial charge in [0.2, 0.25) is 0 Å². The maximum absolute atomic E-state index is 11.4. The third-order valence-corrected chi connectivity index (χ3v) is 1.82. The van der Waals surface area contributed by atoms with E-state index in [0.29, 0.717) is 17.7 Å². The first kappa shape index (κ1) is 10.5. The predicted octanol–water partition coefficient (Wildman–Crippen LogP) is 3.19. The van der Waals surface area contributed by atoms with Crippen molar-refractivity contribution in [3.8, 4) is 5.75 Å². The van der Waals surface area contributed by atoms with Crippen LogP contribution in [0, 0.1) is 0 Å². The van der Waals surface area contributed by atoms with Crippen LogP contribution in [-0.4, -0.2) is 5.78 Å². The van der Waals surface area contributed by atoms with Crippen LogP contribution in [0.15, 0.2) is 36.6 Å². The van der Waals surface area contributed by atoms with Crippen LogP contribution in [0.2, 0.25) is 0 Å². The van der Waals surface area contributed by atoms with E-state index in [4.69, 9.17) is 4.74 Å². The Bertz CT molecular complexity index is 340. The normalized spacial score (nSPS) is 10.4. The molecule has 0 saturated heterocycles. The molecule has 0 bridgehead atoms. The highest BCUT2D eigenvalue weighted by atomic mass is 16.5. The Morgan fingerprint density at radius 2 is 2.29 bits per heavy atom. The van der Waals surface area contributed by atoms with Crippen molar-refractivity contribution in [2.75, 3.05) is 0 Å². The van der Waals surface area contributed by atoms with Crippen LogP contribution in [0.3, 0.4) is 0 Å². The summed E-state index contributed by atoms with van der Waals surface area (Å²) in [6.07, 6.45) is 3.91. The SMILES string of the molecule is CC=COc1cccc(C(=O)CC)c1. The van der Waals surface area contributed by atoms with E-state index in [1.165, 1.54) is 0 Å². The summed E-state index contributed by atoms with van der Waals surface area (Å²) in [5.41, 5.74) is 0.703. The largest absolute Gasteiger partial charge is 0.465 e. The highest BCUT2D eigenvalue weighted by Gasteiger charge is 2.03. The van der Waals surface area contributed by atoms with Crippen molar-refractivity contribution in [3.05, 3.63) is 42.2 Å². The Balaban J connectivity index is 2.83. The van der Waals surface area contributed by atoms with Gasteiger partial charge in [-0.1, -0.05) is 25.1 Å². The van der Waals surface area contributed by atoms with E-state index >= 15 is 0 Å². The average molecular weight is 190 g/mol. The lowest BCUT2D eigenvalue weighted by Gasteiger charge is -2.02. The van der Waals surface area contributed by atoms with Gasteiger partial charge in [0.1, 0.15) is 5.75 Å². The molecule has 0 heterocycles. The van der Waals surface area contributed by atoms with Gasteiger partial charge in [-0.25, -0.2) is 0 Å². The van der Waals surface area contributed by atoms with Crippen LogP contribution in [0.25, 0.3) is 0 Å². The molecular formula is C12H14O2. The molecule has 0 amide bonds. The topological polar surface area (TPSA) is 26.3 Å². The number of hydrogen-bond donors (Lipinski definition) is 0. The fourth-order valence-corrected chi connectivity index (χ4v) is 1.09. The van der Waals surface area contributed by atoms with Crippen molar-refractivity contribution in [1.29, 1.82) is 0 Å². The molecule has 0 aliphatic carbocycles. The highest BCUT2D eigenvalue weighted by molar-refractivity contribution is 5.96. The molecule has 1 rings (SSSR count). The molecule has 0 radical (unpaired) electrons. The van der Waals surface area contributed by atoms with E-state index < -0.39 is 0 Å². The smallest absolute Gasteiger partial charge is 0.162 e. The molecule has 0 aromatic heterocycles. The molecule has 0 atom stereocenters. The Hall–Kier alpha value is -1.57. The zero-order valence-corrected chi connectivity index (χ0v) is 8.49. The molecule has 2 nitrogen and oxygen atoms in total. The zero-order chi connectivity index (χ0) is 10.4. The van der Waals surface area contributed by atoms with Gasteiger partial charge in [0, 0.05) is 12.0 Å². The van der Waals surface area contributed by atoms with Crippen LogP contribution in [0.4, 0.5) is 0 Å². The molecule has 0 aliphatic rings. The van der Waals surface area contributed by atoms with Crippen molar-refractivity contribution in [2.24, 2.45) is 0 Å². The lowest BCUT2D eigenvalue weighted by Crippen LogP contribution is -1.96. The maximum atomic E-state index is 11.4. The van der Waals surface area contributed by atoms with Crippen LogP contribution < -0.4 is 4.74 Å². The molecule has 2 heteroatoms. The predicted molar refractivity (Wildman–Crippen MR) is 56.5 cm³/mol. The van der Waals surface area contributed by atoms with Crippen molar-refractivity contribution in [2.45, 2.75) is 20.3 Å². The summed E-state index contributed by atoms with van der Waals surface area (Å²) in [5, 5.41) is 0. The average Bonchev–Trinajstić information content (AvgIpc) is 2.25. The Morgan fingerprint density at radius 1 is 1.50 bits per heavy atom. The first-order valence-corrected chi connectivity index (χ1v) is 4.69. The number of allylic oxidation sites excluding steroid dienone is 1. The Kier molecular flexibility index (Phi) is 3.92. The van der Waals surface area contributed by atoms with E-state index in [2.05, 4.69) is 0 Å². The highest BCUT2D eigenvalue weighted by Crippen LogP contribution is 2.14. The van der Waals surface area contributed by atoms with Crippen LogP contribution >= 0.6 is 0 Å². The molecule has 74 valence electrons. The minimum atomic E-state index is 0.135. The molecular weight excluding hydrogens is 176 g/mol. The van der Waals surface area contributed by atoms with E-state index in [0.717, 1.165) is 0 Å². The molecule has 0 aliphatic heterocycles. The van der Waals surface area contributed by atoms with E-state index in [9.17, 15) is 4.79 Å². The first-order valence-electron chi connectivity index (χ1n) is 4.69. The van der Waals surface area contributed by atoms with E-state index in [-0.39, 0.29) is 5.78 Å². The van der Waals surface area contributed by atoms with Crippen molar-refractivity contribution < 1.29 is 9.53 Å². The van der Waals surface area contributed by atoms with E-state index in [1.807, 2.05) is 26.0 Å². The number of ether oxygens (including phenoxy) is 1. The van der Waals surface area contributed by atoms with Gasteiger partial charge in [0.25, 0.3) is 0 Å². The lowest BCUT2D eigenvalue weighted by molar-refractivity contribution is 0.0988. The first-order chi connectivity index (χ1) is 6.77. The fourth-order valence-electron chi connectivity index (χ4n) is 1.09. The van der Waals surface area contributed by atoms with Crippen LogP contribution in [0.5, 0.6) is 5.75 Å². The van der Waals surface area contributed by atoms with Gasteiger partial charge < -0.3 is 4.74 Å². The summed E-state index contributed by atoms with van der Waals surface area (Å²) < 4.78 is 5.26. The molecule has 0 unspecified atom stereocenters. The number of hydrogen-bond acceptors (Lipinski definition) is 2. The van der Waals surface area contributed by atoms with Gasteiger partial charge in [-0.05, 0) is 19.1 Å². The third-order valence-electron chi connectivity index (χ3n) is 1.82. The summed E-state index contributed by atoms with van der Waals surface area (Å²) in [6.45, 7) is 3.73. The molecule has 0 spiro atoms. The molecule has 0 fully saturated rings. The van der Waals surface area contributed by atoms with E-state index in [1.54, 1.807) is 24.5 Å². The summed E-state index contributed by atoms with van der Waals surface area (Å²) in [7, 11) is 0. The quantitative estimate of drug-likeness (QED) is 0.538. The summed E-state index contributed by atoms with van der Waals surface area (Å²) in [5.74, 6) is 0.832. The van der Waals surface area contributed by atoms with Crippen molar-refractivity contribution in [1.82, 2.24) is 0 Å². The molecule has 1 aromatic carbocycles. The molecule has 1 aromatic rings. The Morgan fingerprint density at radius 3 is 2.93 bits per heavy atom. The summed E-state index contributed by atoms with van der Waals surface area (Å²) in [6, 6.07) is 7.20. The van der Waals surface area contributed by atoms with Gasteiger partial charge in [0.15, 0.2) is 5.78 Å². The number of Topliss-reactive ketones (excluding diaryl/α,β-unsaturated/α-hetero) is 1. The van der Waals surface area contributed by atoms with Crippen LogP contribution in [0.1, 0.15) is 30.6 Å².